The molecule has 0 saturated carbocycles. The Morgan fingerprint density at radius 1 is 0.660 bits per heavy atom. The van der Waals surface area contributed by atoms with Gasteiger partial charge in [0.25, 0.3) is 0 Å². The van der Waals surface area contributed by atoms with Gasteiger partial charge in [-0.05, 0) is 111 Å². The van der Waals surface area contributed by atoms with Crippen LogP contribution in [0, 0.1) is 13.8 Å². The number of nitrogens with one attached hydrogen (secondary N) is 2. The number of aliphatic hydroxyl groups excluding tert-OH is 4. The van der Waals surface area contributed by atoms with E-state index in [1.165, 1.54) is 0 Å². The number of hydrogen-bond acceptors (Lipinski definition) is 10. The molecule has 0 fully saturated rings. The average molecular weight is 747 g/mol. The number of carbonyl (C=O) groups excluding carboxylic acids is 2. The monoisotopic (exact) mass is 748 g/mol. The number of aliphatic hydroxyl groups is 4. The minimum absolute atomic E-state index is 0. The van der Waals surface area contributed by atoms with Crippen LogP contribution in [-0.4, -0.2) is 89.4 Å². The molecular formula is C34H36N4O8Sn. The molecule has 0 aliphatic carbocycles. The van der Waals surface area contributed by atoms with Crippen LogP contribution in [0.2, 0.25) is 0 Å². The van der Waals surface area contributed by atoms with E-state index in [1.54, 1.807) is 38.1 Å². The van der Waals surface area contributed by atoms with Crippen LogP contribution in [-0.2, 0) is 9.59 Å². The Balaban J connectivity index is 0.00000500. The summed E-state index contributed by atoms with van der Waals surface area (Å²) in [5.41, 5.74) is 9.07. The summed E-state index contributed by atoms with van der Waals surface area (Å²) in [7, 11) is 0. The van der Waals surface area contributed by atoms with Crippen molar-refractivity contribution in [3.63, 3.8) is 0 Å². The first-order chi connectivity index (χ1) is 21.8. The third-order valence-corrected chi connectivity index (χ3v) is 8.80. The van der Waals surface area contributed by atoms with Crippen molar-refractivity contribution in [3.05, 3.63) is 69.3 Å². The Hall–Kier alpha value is -3.82. The van der Waals surface area contributed by atoms with E-state index in [1.807, 2.05) is 13.8 Å². The molecule has 2 unspecified atom stereocenters. The van der Waals surface area contributed by atoms with Crippen LogP contribution in [0.4, 0.5) is 0 Å². The molecule has 12 nitrogen and oxygen atoms in total. The standard InChI is InChI=1S/C34H38N4O8.Sn/c1-15-19(5-7-31(43)44)25-12-26-20(6-8-32(45)46)16(2)22(36-26)10-27-34(30(42)14-40)18(4)24(38-27)11-28-33(29(41)13-39)17(3)23(37-28)9-21(15)35-25;/h9-12,29-30,37-42H,5-8,13-14H2,1-4H3,(H,43,44)(H,45,46);/q;+2/p-2. The zero-order valence-electron chi connectivity index (χ0n) is 26.5. The Labute approximate surface area is 287 Å². The van der Waals surface area contributed by atoms with Crippen LogP contribution in [0.5, 0.6) is 0 Å². The number of aromatic amines is 2. The average Bonchev–Trinajstić information content (AvgIpc) is 3.67. The van der Waals surface area contributed by atoms with E-state index in [2.05, 4.69) is 9.97 Å². The van der Waals surface area contributed by atoms with Crippen LogP contribution >= 0.6 is 0 Å². The molecule has 0 spiro atoms. The van der Waals surface area contributed by atoms with Gasteiger partial charge in [-0.1, -0.05) is 0 Å². The number of carboxylic acid groups (broad SMARTS) is 2. The Morgan fingerprint density at radius 2 is 1.04 bits per heavy atom. The molecule has 3 aromatic rings. The van der Waals surface area contributed by atoms with E-state index in [0.717, 1.165) is 5.57 Å². The summed E-state index contributed by atoms with van der Waals surface area (Å²) in [6.45, 7) is 6.16. The number of carbonyl (C=O) groups is 2. The van der Waals surface area contributed by atoms with Gasteiger partial charge in [0.05, 0.1) is 36.0 Å². The fourth-order valence-electron chi connectivity index (χ4n) is 6.27. The van der Waals surface area contributed by atoms with Crippen LogP contribution in [0.25, 0.3) is 44.4 Å². The molecule has 244 valence electrons. The van der Waals surface area contributed by atoms with Gasteiger partial charge in [0.2, 0.25) is 0 Å². The molecule has 6 N–H and O–H groups in total. The van der Waals surface area contributed by atoms with Gasteiger partial charge < -0.3 is 50.2 Å². The minimum atomic E-state index is -1.23. The number of aliphatic carboxylic acids is 2. The van der Waals surface area contributed by atoms with E-state index in [9.17, 15) is 40.2 Å². The number of hydrogen-bond donors (Lipinski definition) is 6. The smallest absolute Gasteiger partial charge is 0.550 e. The number of fused-ring (bicyclic) bond motifs is 8. The third-order valence-electron chi connectivity index (χ3n) is 8.80. The van der Waals surface area contributed by atoms with Crippen LogP contribution in [0.15, 0.2) is 24.3 Å². The third kappa shape index (κ3) is 7.06. The van der Waals surface area contributed by atoms with Crippen molar-refractivity contribution < 1.29 is 40.2 Å². The van der Waals surface area contributed by atoms with E-state index in [0.29, 0.717) is 83.8 Å². The summed E-state index contributed by atoms with van der Waals surface area (Å²) in [4.78, 5) is 39.2. The molecule has 0 saturated heterocycles. The molecule has 2 aliphatic rings. The summed E-state index contributed by atoms with van der Waals surface area (Å²) in [5, 5.41) is 64.4. The molecule has 2 aliphatic heterocycles. The quantitative estimate of drug-likeness (QED) is 0.164. The van der Waals surface area contributed by atoms with E-state index >= 15 is 0 Å². The molecule has 8 bridgehead atoms. The molecule has 47 heavy (non-hydrogen) atoms. The van der Waals surface area contributed by atoms with Gasteiger partial charge in [-0.3, -0.25) is 0 Å². The first-order valence-corrected chi connectivity index (χ1v) is 15.0. The molecule has 3 aromatic heterocycles. The van der Waals surface area contributed by atoms with Crippen molar-refractivity contribution in [2.24, 2.45) is 0 Å². The first kappa shape index (κ1) is 36.0. The van der Waals surface area contributed by atoms with Crippen LogP contribution < -0.4 is 10.2 Å². The topological polar surface area (TPSA) is 219 Å². The van der Waals surface area contributed by atoms with Gasteiger partial charge in [0.15, 0.2) is 0 Å². The van der Waals surface area contributed by atoms with Crippen molar-refractivity contribution in [2.45, 2.75) is 65.6 Å². The SMILES string of the molecule is CC1=C(CCC(=O)[O-])c2cc3nc(cc4[nH]c(cc5[nH]c(cc1n2)c(C)c5C(O)CO)c(C)c4C(O)CO)C(C)=C3CCC(=O)[O-].[Sn+2]. The molecule has 0 amide bonds. The number of nitrogens with zero attached hydrogens (tertiary/aromatic N) is 2. The van der Waals surface area contributed by atoms with E-state index in [-0.39, 0.29) is 49.6 Å². The predicted octanol–water partition coefficient (Wildman–Crippen LogP) is 1.52. The number of aryl methyl sites for hydroxylation is 2. The molecule has 13 heteroatoms. The summed E-state index contributed by atoms with van der Waals surface area (Å²) < 4.78 is 0. The summed E-state index contributed by atoms with van der Waals surface area (Å²) in [5.74, 6) is -2.43. The normalized spacial score (nSPS) is 14.3. The van der Waals surface area contributed by atoms with Crippen molar-refractivity contribution in [3.8, 4) is 0 Å². The number of carboxylic acids is 2. The van der Waals surface area contributed by atoms with E-state index in [4.69, 9.17) is 9.97 Å². The second-order valence-corrected chi connectivity index (χ2v) is 11.7. The number of aromatic nitrogens is 4. The van der Waals surface area contributed by atoms with E-state index < -0.39 is 37.4 Å². The largest absolute Gasteiger partial charge is 2.00 e. The maximum Gasteiger partial charge on any atom is 2.00 e. The number of H-pyrrole nitrogens is 2. The zero-order chi connectivity index (χ0) is 33.4. The van der Waals surface area contributed by atoms with Crippen LogP contribution in [0.1, 0.15) is 96.8 Å². The Bertz CT molecular complexity index is 1970. The van der Waals surface area contributed by atoms with Gasteiger partial charge in [0.1, 0.15) is 12.2 Å². The molecule has 5 heterocycles. The van der Waals surface area contributed by atoms with Gasteiger partial charge in [-0.2, -0.15) is 0 Å². The van der Waals surface area contributed by atoms with Crippen molar-refractivity contribution in [1.29, 1.82) is 0 Å². The second-order valence-electron chi connectivity index (χ2n) is 11.7. The molecule has 0 aromatic carbocycles. The molecule has 2 atom stereocenters. The Morgan fingerprint density at radius 3 is 1.45 bits per heavy atom. The Kier molecular flexibility index (Phi) is 11.1. The van der Waals surface area contributed by atoms with Gasteiger partial charge in [0, 0.05) is 45.1 Å². The molecule has 5 rings (SSSR count). The van der Waals surface area contributed by atoms with Crippen LogP contribution in [0.3, 0.4) is 0 Å². The number of rotatable bonds is 10. The predicted molar refractivity (Wildman–Crippen MR) is 174 cm³/mol. The first-order valence-electron chi connectivity index (χ1n) is 15.0. The second kappa shape index (κ2) is 14.5. The zero-order valence-corrected chi connectivity index (χ0v) is 29.4. The fraction of sp³-hybridized carbons (Fsp3) is 0.353. The molecule has 2 radical (unpaired) electrons. The molecular weight excluding hydrogens is 711 g/mol. The maximum absolute atomic E-state index is 11.4. The van der Waals surface area contributed by atoms with Crippen molar-refractivity contribution in [1.82, 2.24) is 19.9 Å². The summed E-state index contributed by atoms with van der Waals surface area (Å²) in [6, 6.07) is 6.97. The summed E-state index contributed by atoms with van der Waals surface area (Å²) in [6.07, 6.45) is -2.67. The van der Waals surface area contributed by atoms with Crippen molar-refractivity contribution >= 4 is 80.2 Å². The summed E-state index contributed by atoms with van der Waals surface area (Å²) >= 11 is 0. The fourth-order valence-corrected chi connectivity index (χ4v) is 6.27. The number of allylic oxidation sites excluding steroid dienone is 4. The minimum Gasteiger partial charge on any atom is -0.550 e. The van der Waals surface area contributed by atoms with Crippen molar-refractivity contribution in [2.75, 3.05) is 13.2 Å². The maximum atomic E-state index is 11.4. The van der Waals surface area contributed by atoms with Gasteiger partial charge in [-0.25, -0.2) is 9.97 Å². The van der Waals surface area contributed by atoms with Gasteiger partial charge >= 0.3 is 23.9 Å². The van der Waals surface area contributed by atoms with Gasteiger partial charge in [-0.15, -0.1) is 0 Å².